The normalized spacial score (nSPS) is 12.0. The summed E-state index contributed by atoms with van der Waals surface area (Å²) in [7, 11) is 0. The molecule has 0 spiro atoms. The molecule has 110 valence electrons. The Labute approximate surface area is 126 Å². The monoisotopic (exact) mass is 304 g/mol. The molecule has 0 aliphatic carbocycles. The summed E-state index contributed by atoms with van der Waals surface area (Å²) >= 11 is 1.15. The van der Waals surface area contributed by atoms with E-state index in [9.17, 15) is 9.59 Å². The van der Waals surface area contributed by atoms with E-state index in [2.05, 4.69) is 20.5 Å². The van der Waals surface area contributed by atoms with E-state index in [1.807, 2.05) is 32.0 Å². The molecule has 0 unspecified atom stereocenters. The number of thioether (sulfide) groups is 1. The van der Waals surface area contributed by atoms with Gasteiger partial charge < -0.3 is 5.32 Å². The summed E-state index contributed by atoms with van der Waals surface area (Å²) in [6.07, 6.45) is 1.09. The summed E-state index contributed by atoms with van der Waals surface area (Å²) in [5.41, 5.74) is 2.53. The quantitative estimate of drug-likeness (QED) is 0.842. The van der Waals surface area contributed by atoms with Crippen LogP contribution in [0.2, 0.25) is 0 Å². The third kappa shape index (κ3) is 4.16. The summed E-state index contributed by atoms with van der Waals surface area (Å²) in [4.78, 5) is 25.9. The zero-order valence-corrected chi connectivity index (χ0v) is 12.8. The summed E-state index contributed by atoms with van der Waals surface area (Å²) in [6.45, 7) is 5.66. The van der Waals surface area contributed by atoms with Crippen LogP contribution < -0.4 is 10.9 Å². The fourth-order valence-electron chi connectivity index (χ4n) is 1.68. The van der Waals surface area contributed by atoms with Crippen molar-refractivity contribution in [2.75, 3.05) is 5.32 Å². The molecule has 1 heterocycles. The zero-order valence-electron chi connectivity index (χ0n) is 12.0. The van der Waals surface area contributed by atoms with Gasteiger partial charge in [-0.25, -0.2) is 0 Å². The van der Waals surface area contributed by atoms with Crippen LogP contribution in [0.1, 0.15) is 18.1 Å². The van der Waals surface area contributed by atoms with Crippen molar-refractivity contribution in [1.82, 2.24) is 15.2 Å². The number of benzene rings is 1. The smallest absolute Gasteiger partial charge is 0.270 e. The summed E-state index contributed by atoms with van der Waals surface area (Å²) in [5.74, 6) is -0.153. The molecule has 0 saturated carbocycles. The average Bonchev–Trinajstić information content (AvgIpc) is 2.43. The molecule has 2 rings (SSSR count). The number of anilines is 1. The van der Waals surface area contributed by atoms with Gasteiger partial charge >= 0.3 is 0 Å². The van der Waals surface area contributed by atoms with Gasteiger partial charge in [0, 0.05) is 5.69 Å². The van der Waals surface area contributed by atoms with E-state index in [0.29, 0.717) is 5.16 Å². The van der Waals surface area contributed by atoms with Gasteiger partial charge in [0.15, 0.2) is 5.16 Å². The van der Waals surface area contributed by atoms with Gasteiger partial charge in [-0.1, -0.05) is 23.9 Å². The molecule has 1 atom stereocenters. The number of carbonyl (C=O) groups is 1. The maximum absolute atomic E-state index is 12.2. The van der Waals surface area contributed by atoms with Crippen molar-refractivity contribution in [3.05, 3.63) is 45.9 Å². The summed E-state index contributed by atoms with van der Waals surface area (Å²) < 4.78 is 0. The van der Waals surface area contributed by atoms with E-state index in [-0.39, 0.29) is 11.5 Å². The average molecular weight is 304 g/mol. The van der Waals surface area contributed by atoms with Gasteiger partial charge in [-0.05, 0) is 38.0 Å². The molecule has 1 aromatic carbocycles. The predicted molar refractivity (Wildman–Crippen MR) is 82.5 cm³/mol. The molecule has 6 nitrogen and oxygen atoms in total. The lowest BCUT2D eigenvalue weighted by Crippen LogP contribution is -2.23. The van der Waals surface area contributed by atoms with Crippen LogP contribution in [-0.4, -0.2) is 26.3 Å². The highest BCUT2D eigenvalue weighted by atomic mass is 32.2. The van der Waals surface area contributed by atoms with Crippen molar-refractivity contribution < 1.29 is 4.79 Å². The predicted octanol–water partition coefficient (Wildman–Crippen LogP) is 1.90. The number of nitrogens with one attached hydrogen (secondary N) is 2. The number of rotatable bonds is 4. The third-order valence-electron chi connectivity index (χ3n) is 2.86. The van der Waals surface area contributed by atoms with Gasteiger partial charge in [0.1, 0.15) is 6.20 Å². The number of carbonyl (C=O) groups excluding carboxylic acids is 1. The highest BCUT2D eigenvalue weighted by molar-refractivity contribution is 8.00. The van der Waals surface area contributed by atoms with Crippen LogP contribution in [0.4, 0.5) is 5.69 Å². The second kappa shape index (κ2) is 6.53. The van der Waals surface area contributed by atoms with Gasteiger partial charge in [-0.2, -0.15) is 5.10 Å². The van der Waals surface area contributed by atoms with E-state index >= 15 is 0 Å². The lowest BCUT2D eigenvalue weighted by Gasteiger charge is -2.13. The first kappa shape index (κ1) is 15.2. The summed E-state index contributed by atoms with van der Waals surface area (Å²) in [6, 6.07) is 5.88. The van der Waals surface area contributed by atoms with E-state index in [1.54, 1.807) is 6.92 Å². The molecule has 0 aliphatic rings. The third-order valence-corrected chi connectivity index (χ3v) is 3.84. The number of hydrogen-bond acceptors (Lipinski definition) is 5. The van der Waals surface area contributed by atoms with Gasteiger partial charge in [-0.3, -0.25) is 14.6 Å². The van der Waals surface area contributed by atoms with E-state index in [1.165, 1.54) is 0 Å². The maximum Gasteiger partial charge on any atom is 0.270 e. The van der Waals surface area contributed by atoms with E-state index in [4.69, 9.17) is 0 Å². The Morgan fingerprint density at radius 1 is 1.38 bits per heavy atom. The lowest BCUT2D eigenvalue weighted by molar-refractivity contribution is -0.115. The molecular weight excluding hydrogens is 288 g/mol. The van der Waals surface area contributed by atoms with Crippen LogP contribution in [0.15, 0.2) is 34.3 Å². The molecule has 7 heteroatoms. The number of aromatic nitrogens is 3. The molecule has 0 radical (unpaired) electrons. The van der Waals surface area contributed by atoms with Crippen molar-refractivity contribution in [2.24, 2.45) is 0 Å². The Morgan fingerprint density at radius 3 is 2.86 bits per heavy atom. The molecule has 0 saturated heterocycles. The second-order valence-corrected chi connectivity index (χ2v) is 6.04. The van der Waals surface area contributed by atoms with Crippen molar-refractivity contribution in [3.63, 3.8) is 0 Å². The minimum Gasteiger partial charge on any atom is -0.325 e. The van der Waals surface area contributed by atoms with Crippen LogP contribution in [0, 0.1) is 13.8 Å². The Bertz CT molecular complexity index is 714. The number of aryl methyl sites for hydroxylation is 2. The zero-order chi connectivity index (χ0) is 15.4. The minimum absolute atomic E-state index is 0.153. The van der Waals surface area contributed by atoms with Gasteiger partial charge in [0.25, 0.3) is 5.56 Å². The highest BCUT2D eigenvalue weighted by Gasteiger charge is 2.16. The molecule has 2 aromatic rings. The van der Waals surface area contributed by atoms with Crippen LogP contribution in [0.3, 0.4) is 0 Å². The molecule has 0 bridgehead atoms. The SMILES string of the molecule is Cc1ccc(C)c(NC(=O)[C@H](C)Sc2nncc(=O)[nH]2)c1. The van der Waals surface area contributed by atoms with Crippen molar-refractivity contribution in [2.45, 2.75) is 31.2 Å². The topological polar surface area (TPSA) is 87.7 Å². The molecule has 0 aliphatic heterocycles. The number of hydrogen-bond donors (Lipinski definition) is 2. The van der Waals surface area contributed by atoms with Gasteiger partial charge in [-0.15, -0.1) is 5.10 Å². The minimum atomic E-state index is -0.405. The summed E-state index contributed by atoms with van der Waals surface area (Å²) in [5, 5.41) is 10.1. The first-order chi connectivity index (χ1) is 9.95. The Kier molecular flexibility index (Phi) is 4.74. The van der Waals surface area contributed by atoms with Crippen LogP contribution in [0.25, 0.3) is 0 Å². The van der Waals surface area contributed by atoms with Gasteiger partial charge in [0.05, 0.1) is 5.25 Å². The Balaban J connectivity index is 2.06. The Morgan fingerprint density at radius 2 is 2.14 bits per heavy atom. The first-order valence-electron chi connectivity index (χ1n) is 6.42. The van der Waals surface area contributed by atoms with Crippen LogP contribution in [-0.2, 0) is 4.79 Å². The van der Waals surface area contributed by atoms with Crippen LogP contribution in [0.5, 0.6) is 0 Å². The van der Waals surface area contributed by atoms with Crippen molar-refractivity contribution in [3.8, 4) is 0 Å². The number of H-pyrrole nitrogens is 1. The van der Waals surface area contributed by atoms with Crippen LogP contribution >= 0.6 is 11.8 Å². The first-order valence-corrected chi connectivity index (χ1v) is 7.30. The molecule has 2 N–H and O–H groups in total. The Hall–Kier alpha value is -2.15. The molecule has 0 fully saturated rings. The number of nitrogens with zero attached hydrogens (tertiary/aromatic N) is 2. The van der Waals surface area contributed by atoms with E-state index < -0.39 is 5.25 Å². The fraction of sp³-hybridized carbons (Fsp3) is 0.286. The molecule has 1 aromatic heterocycles. The number of amides is 1. The molecule has 1 amide bonds. The van der Waals surface area contributed by atoms with Crippen molar-refractivity contribution in [1.29, 1.82) is 0 Å². The molecular formula is C14H16N4O2S. The van der Waals surface area contributed by atoms with Gasteiger partial charge in [0.2, 0.25) is 5.91 Å². The maximum atomic E-state index is 12.2. The standard InChI is InChI=1S/C14H16N4O2S/c1-8-4-5-9(2)11(6-8)16-13(20)10(3)21-14-17-12(19)7-15-18-14/h4-7,10H,1-3H3,(H,16,20)(H,17,18,19)/t10-/m0/s1. The largest absolute Gasteiger partial charge is 0.325 e. The van der Waals surface area contributed by atoms with Crippen molar-refractivity contribution >= 4 is 23.4 Å². The lowest BCUT2D eigenvalue weighted by atomic mass is 10.1. The highest BCUT2D eigenvalue weighted by Crippen LogP contribution is 2.21. The number of aromatic amines is 1. The van der Waals surface area contributed by atoms with E-state index in [0.717, 1.165) is 34.8 Å². The molecule has 21 heavy (non-hydrogen) atoms. The second-order valence-electron chi connectivity index (χ2n) is 4.71. The fourth-order valence-corrected chi connectivity index (χ4v) is 2.43.